The standard InChI is InChI=1S/C14H13NO3/c1-18-11-5-4-10(14(6-7-14)13(16)17)9-3-2-8-15-12(9)11/h2-5,8H,6-7H2,1H3,(H,16,17). The summed E-state index contributed by atoms with van der Waals surface area (Å²) in [6, 6.07) is 7.38. The number of aliphatic carboxylic acids is 1. The number of nitrogens with zero attached hydrogens (tertiary/aromatic N) is 1. The molecule has 0 aliphatic heterocycles. The highest BCUT2D eigenvalue weighted by Crippen LogP contribution is 2.51. The van der Waals surface area contributed by atoms with E-state index in [1.807, 2.05) is 18.2 Å². The average molecular weight is 243 g/mol. The first kappa shape index (κ1) is 11.0. The first-order valence-electron chi connectivity index (χ1n) is 5.85. The zero-order valence-corrected chi connectivity index (χ0v) is 10.0. The number of aromatic nitrogens is 1. The van der Waals surface area contributed by atoms with Crippen LogP contribution in [0, 0.1) is 0 Å². The lowest BCUT2D eigenvalue weighted by molar-refractivity contribution is -0.140. The van der Waals surface area contributed by atoms with Gasteiger partial charge in [-0.1, -0.05) is 12.1 Å². The van der Waals surface area contributed by atoms with Crippen molar-refractivity contribution < 1.29 is 14.6 Å². The van der Waals surface area contributed by atoms with Crippen molar-refractivity contribution in [1.29, 1.82) is 0 Å². The molecule has 18 heavy (non-hydrogen) atoms. The number of carboxylic acid groups (broad SMARTS) is 1. The van der Waals surface area contributed by atoms with Crippen molar-refractivity contribution in [3.05, 3.63) is 36.0 Å². The van der Waals surface area contributed by atoms with Crippen LogP contribution in [0.5, 0.6) is 5.75 Å². The molecule has 0 radical (unpaired) electrons. The van der Waals surface area contributed by atoms with E-state index in [0.717, 1.165) is 16.5 Å². The Morgan fingerprint density at radius 2 is 2.17 bits per heavy atom. The molecule has 3 rings (SSSR count). The van der Waals surface area contributed by atoms with Crippen molar-refractivity contribution in [1.82, 2.24) is 4.98 Å². The van der Waals surface area contributed by atoms with Gasteiger partial charge in [0.05, 0.1) is 12.5 Å². The van der Waals surface area contributed by atoms with Crippen LogP contribution in [-0.2, 0) is 10.2 Å². The van der Waals surface area contributed by atoms with Crippen molar-refractivity contribution in [3.8, 4) is 5.75 Å². The minimum Gasteiger partial charge on any atom is -0.494 e. The molecule has 1 saturated carbocycles. The van der Waals surface area contributed by atoms with E-state index < -0.39 is 11.4 Å². The number of methoxy groups -OCH3 is 1. The maximum atomic E-state index is 11.4. The SMILES string of the molecule is COc1ccc(C2(C(=O)O)CC2)c2cccnc12. The van der Waals surface area contributed by atoms with Crippen molar-refractivity contribution in [2.24, 2.45) is 0 Å². The molecule has 4 nitrogen and oxygen atoms in total. The highest BCUT2D eigenvalue weighted by Gasteiger charge is 2.52. The van der Waals surface area contributed by atoms with Gasteiger partial charge in [-0.05, 0) is 30.5 Å². The normalized spacial score (nSPS) is 16.5. The van der Waals surface area contributed by atoms with Gasteiger partial charge in [0.15, 0.2) is 0 Å². The summed E-state index contributed by atoms with van der Waals surface area (Å²) in [6.45, 7) is 0. The fourth-order valence-corrected chi connectivity index (χ4v) is 2.45. The molecule has 1 fully saturated rings. The van der Waals surface area contributed by atoms with Gasteiger partial charge in [0.1, 0.15) is 11.3 Å². The molecule has 1 aromatic heterocycles. The number of fused-ring (bicyclic) bond motifs is 1. The fraction of sp³-hybridized carbons (Fsp3) is 0.286. The van der Waals surface area contributed by atoms with E-state index in [1.165, 1.54) is 0 Å². The first-order valence-corrected chi connectivity index (χ1v) is 5.85. The van der Waals surface area contributed by atoms with E-state index in [1.54, 1.807) is 19.4 Å². The fourth-order valence-electron chi connectivity index (χ4n) is 2.45. The monoisotopic (exact) mass is 243 g/mol. The lowest BCUT2D eigenvalue weighted by Crippen LogP contribution is -2.19. The zero-order chi connectivity index (χ0) is 12.8. The predicted octanol–water partition coefficient (Wildman–Crippen LogP) is 2.36. The van der Waals surface area contributed by atoms with E-state index in [2.05, 4.69) is 4.98 Å². The summed E-state index contributed by atoms with van der Waals surface area (Å²) in [4.78, 5) is 15.7. The summed E-state index contributed by atoms with van der Waals surface area (Å²) in [5, 5.41) is 10.3. The van der Waals surface area contributed by atoms with E-state index >= 15 is 0 Å². The van der Waals surface area contributed by atoms with Gasteiger partial charge in [-0.15, -0.1) is 0 Å². The Balaban J connectivity index is 2.29. The number of carboxylic acids is 1. The maximum Gasteiger partial charge on any atom is 0.314 e. The Hall–Kier alpha value is -2.10. The molecule has 4 heteroatoms. The van der Waals surface area contributed by atoms with Crippen LogP contribution in [0.4, 0.5) is 0 Å². The van der Waals surface area contributed by atoms with Crippen LogP contribution in [0.25, 0.3) is 10.9 Å². The Bertz CT molecular complexity index is 632. The van der Waals surface area contributed by atoms with Gasteiger partial charge in [0.25, 0.3) is 0 Å². The molecule has 0 amide bonds. The summed E-state index contributed by atoms with van der Waals surface area (Å²) in [5.41, 5.74) is 0.858. The number of ether oxygens (including phenoxy) is 1. The number of pyridine rings is 1. The van der Waals surface area contributed by atoms with Crippen LogP contribution >= 0.6 is 0 Å². The summed E-state index contributed by atoms with van der Waals surface area (Å²) >= 11 is 0. The second-order valence-electron chi connectivity index (χ2n) is 4.60. The van der Waals surface area contributed by atoms with E-state index in [-0.39, 0.29) is 0 Å². The summed E-state index contributed by atoms with van der Waals surface area (Å²) in [6.07, 6.45) is 3.08. The number of rotatable bonds is 3. The lowest BCUT2D eigenvalue weighted by atomic mass is 9.92. The van der Waals surface area contributed by atoms with E-state index in [9.17, 15) is 9.90 Å². The Morgan fingerprint density at radius 1 is 1.39 bits per heavy atom. The molecule has 2 aromatic rings. The molecular formula is C14H13NO3. The van der Waals surface area contributed by atoms with Crippen LogP contribution in [-0.4, -0.2) is 23.2 Å². The molecule has 0 spiro atoms. The number of carbonyl (C=O) groups is 1. The molecule has 0 bridgehead atoms. The second kappa shape index (κ2) is 3.70. The summed E-state index contributed by atoms with van der Waals surface area (Å²) in [7, 11) is 1.59. The third kappa shape index (κ3) is 1.38. The van der Waals surface area contributed by atoms with Crippen molar-refractivity contribution in [3.63, 3.8) is 0 Å². The average Bonchev–Trinajstić information content (AvgIpc) is 3.19. The van der Waals surface area contributed by atoms with Crippen LogP contribution in [0.2, 0.25) is 0 Å². The van der Waals surface area contributed by atoms with E-state index in [4.69, 9.17) is 4.74 Å². The van der Waals surface area contributed by atoms with Gasteiger partial charge in [-0.2, -0.15) is 0 Å². The second-order valence-corrected chi connectivity index (χ2v) is 4.60. The Morgan fingerprint density at radius 3 is 2.78 bits per heavy atom. The topological polar surface area (TPSA) is 59.4 Å². The molecular weight excluding hydrogens is 230 g/mol. The van der Waals surface area contributed by atoms with Gasteiger partial charge in [-0.3, -0.25) is 9.78 Å². The number of hydrogen-bond donors (Lipinski definition) is 1. The predicted molar refractivity (Wildman–Crippen MR) is 66.8 cm³/mol. The zero-order valence-electron chi connectivity index (χ0n) is 10.0. The van der Waals surface area contributed by atoms with Crippen LogP contribution < -0.4 is 4.74 Å². The Labute approximate surface area is 104 Å². The largest absolute Gasteiger partial charge is 0.494 e. The molecule has 1 aromatic carbocycles. The third-order valence-electron chi connectivity index (χ3n) is 3.63. The van der Waals surface area contributed by atoms with Gasteiger partial charge >= 0.3 is 5.97 Å². The maximum absolute atomic E-state index is 11.4. The molecule has 1 N–H and O–H groups in total. The van der Waals surface area contributed by atoms with Crippen LogP contribution in [0.1, 0.15) is 18.4 Å². The summed E-state index contributed by atoms with van der Waals surface area (Å²) in [5.74, 6) is -0.0756. The van der Waals surface area contributed by atoms with Gasteiger partial charge in [0, 0.05) is 11.6 Å². The van der Waals surface area contributed by atoms with Crippen LogP contribution in [0.3, 0.4) is 0 Å². The molecule has 0 saturated heterocycles. The minimum atomic E-state index is -0.752. The smallest absolute Gasteiger partial charge is 0.314 e. The lowest BCUT2D eigenvalue weighted by Gasteiger charge is -2.14. The highest BCUT2D eigenvalue weighted by atomic mass is 16.5. The van der Waals surface area contributed by atoms with Crippen molar-refractivity contribution in [2.75, 3.05) is 7.11 Å². The molecule has 0 unspecified atom stereocenters. The quantitative estimate of drug-likeness (QED) is 0.899. The molecule has 1 aliphatic rings. The molecule has 92 valence electrons. The van der Waals surface area contributed by atoms with Gasteiger partial charge in [0.2, 0.25) is 0 Å². The first-order chi connectivity index (χ1) is 8.69. The highest BCUT2D eigenvalue weighted by molar-refractivity contribution is 5.95. The number of benzene rings is 1. The molecule has 1 aliphatic carbocycles. The van der Waals surface area contributed by atoms with Crippen LogP contribution in [0.15, 0.2) is 30.5 Å². The van der Waals surface area contributed by atoms with E-state index in [0.29, 0.717) is 18.6 Å². The number of hydrogen-bond acceptors (Lipinski definition) is 3. The molecule has 0 atom stereocenters. The Kier molecular flexibility index (Phi) is 2.26. The van der Waals surface area contributed by atoms with Gasteiger partial charge in [-0.25, -0.2) is 0 Å². The summed E-state index contributed by atoms with van der Waals surface area (Å²) < 4.78 is 5.27. The minimum absolute atomic E-state index is 0.676. The van der Waals surface area contributed by atoms with Crippen molar-refractivity contribution >= 4 is 16.9 Å². The third-order valence-corrected chi connectivity index (χ3v) is 3.63. The van der Waals surface area contributed by atoms with Crippen molar-refractivity contribution in [2.45, 2.75) is 18.3 Å². The van der Waals surface area contributed by atoms with Gasteiger partial charge < -0.3 is 9.84 Å². The molecule has 1 heterocycles.